The fraction of sp³-hybridized carbons (Fsp3) is 0.269. The van der Waals surface area contributed by atoms with E-state index in [0.29, 0.717) is 17.7 Å². The maximum Gasteiger partial charge on any atom is 0.416 e. The number of ether oxygens (including phenoxy) is 1. The molecule has 1 amide bonds. The highest BCUT2D eigenvalue weighted by molar-refractivity contribution is 6.33. The summed E-state index contributed by atoms with van der Waals surface area (Å²) in [7, 11) is 0. The second kappa shape index (κ2) is 8.65. The van der Waals surface area contributed by atoms with Gasteiger partial charge in [-0.2, -0.15) is 13.2 Å². The van der Waals surface area contributed by atoms with Crippen molar-refractivity contribution in [2.75, 3.05) is 16.8 Å². The van der Waals surface area contributed by atoms with E-state index < -0.39 is 34.8 Å². The summed E-state index contributed by atoms with van der Waals surface area (Å²) in [4.78, 5) is 42.0. The fourth-order valence-corrected chi connectivity index (χ4v) is 5.60. The van der Waals surface area contributed by atoms with Gasteiger partial charge >= 0.3 is 12.1 Å². The van der Waals surface area contributed by atoms with Crippen molar-refractivity contribution in [2.24, 2.45) is 5.73 Å². The number of benzene rings is 2. The van der Waals surface area contributed by atoms with E-state index in [9.17, 15) is 27.6 Å². The predicted octanol–water partition coefficient (Wildman–Crippen LogP) is 4.81. The first-order valence-electron chi connectivity index (χ1n) is 11.6. The van der Waals surface area contributed by atoms with Crippen LogP contribution in [-0.4, -0.2) is 24.3 Å². The Labute approximate surface area is 214 Å². The van der Waals surface area contributed by atoms with Gasteiger partial charge in [-0.15, -0.1) is 0 Å². The lowest BCUT2D eigenvalue weighted by Crippen LogP contribution is -2.53. The van der Waals surface area contributed by atoms with Crippen LogP contribution in [0.4, 0.5) is 24.5 Å². The predicted molar refractivity (Wildman–Crippen MR) is 129 cm³/mol. The van der Waals surface area contributed by atoms with Gasteiger partial charge in [-0.05, 0) is 44.0 Å². The molecule has 192 valence electrons. The van der Waals surface area contributed by atoms with E-state index in [1.54, 1.807) is 31.2 Å². The Hall–Kier alpha value is -3.79. The van der Waals surface area contributed by atoms with Crippen LogP contribution < -0.4 is 16.0 Å². The summed E-state index contributed by atoms with van der Waals surface area (Å²) in [6.07, 6.45) is -4.04. The highest BCUT2D eigenvalue weighted by Gasteiger charge is 2.62. The van der Waals surface area contributed by atoms with Gasteiger partial charge < -0.3 is 15.8 Å². The number of esters is 1. The van der Waals surface area contributed by atoms with Crippen LogP contribution in [0.25, 0.3) is 0 Å². The molecule has 1 atom stereocenters. The number of nitrogens with two attached hydrogens (primary N) is 1. The Balaban J connectivity index is 1.90. The number of rotatable bonds is 3. The molecular weight excluding hydrogens is 511 g/mol. The van der Waals surface area contributed by atoms with Crippen LogP contribution in [-0.2, 0) is 30.7 Å². The Kier molecular flexibility index (Phi) is 5.82. The Morgan fingerprint density at radius 3 is 2.62 bits per heavy atom. The van der Waals surface area contributed by atoms with Gasteiger partial charge in [-0.3, -0.25) is 14.5 Å². The molecule has 7 nitrogen and oxygen atoms in total. The van der Waals surface area contributed by atoms with E-state index in [2.05, 4.69) is 5.32 Å². The molecule has 11 heteroatoms. The van der Waals surface area contributed by atoms with Crippen molar-refractivity contribution in [1.82, 2.24) is 0 Å². The lowest BCUT2D eigenvalue weighted by molar-refractivity contribution is -0.140. The summed E-state index contributed by atoms with van der Waals surface area (Å²) in [5, 5.41) is 2.65. The van der Waals surface area contributed by atoms with Crippen molar-refractivity contribution in [3.05, 3.63) is 81.3 Å². The van der Waals surface area contributed by atoms with Crippen LogP contribution in [0.15, 0.2) is 65.1 Å². The Morgan fingerprint density at radius 1 is 1.19 bits per heavy atom. The molecule has 2 aliphatic heterocycles. The highest BCUT2D eigenvalue weighted by atomic mass is 35.5. The summed E-state index contributed by atoms with van der Waals surface area (Å²) in [5.74, 6) is -2.39. The third-order valence-electron chi connectivity index (χ3n) is 6.82. The molecule has 0 fully saturated rings. The number of nitrogens with one attached hydrogen (secondary N) is 1. The van der Waals surface area contributed by atoms with Gasteiger partial charge in [-0.1, -0.05) is 29.8 Å². The van der Waals surface area contributed by atoms with Crippen molar-refractivity contribution >= 4 is 40.6 Å². The molecule has 0 saturated heterocycles. The number of anilines is 2. The number of hydrogen-bond acceptors (Lipinski definition) is 6. The van der Waals surface area contributed by atoms with E-state index in [-0.39, 0.29) is 52.8 Å². The Morgan fingerprint density at radius 2 is 1.92 bits per heavy atom. The van der Waals surface area contributed by atoms with Gasteiger partial charge in [0.25, 0.3) is 0 Å². The molecule has 1 aliphatic carbocycles. The summed E-state index contributed by atoms with van der Waals surface area (Å²) in [6, 6.07) is 9.29. The molecule has 0 saturated carbocycles. The molecule has 1 spiro atoms. The van der Waals surface area contributed by atoms with Crippen LogP contribution >= 0.6 is 11.6 Å². The number of para-hydroxylation sites is 1. The van der Waals surface area contributed by atoms with E-state index >= 15 is 0 Å². The smallest absolute Gasteiger partial charge is 0.416 e. The number of hydrogen-bond donors (Lipinski definition) is 2. The molecule has 5 rings (SSSR count). The average Bonchev–Trinajstić information content (AvgIpc) is 3.11. The topological polar surface area (TPSA) is 102 Å². The number of carbonyl (C=O) groups is 3. The van der Waals surface area contributed by atoms with Gasteiger partial charge in [0.05, 0.1) is 22.9 Å². The second-order valence-electron chi connectivity index (χ2n) is 8.83. The van der Waals surface area contributed by atoms with E-state index in [1.807, 2.05) is 0 Å². The third kappa shape index (κ3) is 3.53. The lowest BCUT2D eigenvalue weighted by atomic mass is 9.63. The van der Waals surface area contributed by atoms with Crippen molar-refractivity contribution in [3.8, 4) is 0 Å². The number of fused-ring (bicyclic) bond motifs is 3. The molecule has 2 aromatic carbocycles. The first-order chi connectivity index (χ1) is 17.5. The summed E-state index contributed by atoms with van der Waals surface area (Å²) >= 11 is 6.37. The number of nitrogens with zero attached hydrogens (tertiary/aromatic N) is 1. The molecular formula is C26H21ClF3N3O4. The van der Waals surface area contributed by atoms with E-state index in [1.165, 1.54) is 4.90 Å². The van der Waals surface area contributed by atoms with Crippen molar-refractivity contribution in [3.63, 3.8) is 0 Å². The minimum Gasteiger partial charge on any atom is -0.462 e. The molecule has 1 unspecified atom stereocenters. The lowest BCUT2D eigenvalue weighted by Gasteiger charge is -2.44. The summed E-state index contributed by atoms with van der Waals surface area (Å²) in [6.45, 7) is 1.49. The SMILES string of the molecule is CCOC(=O)C1=C(N)N(c2cc(C(F)(F)F)ccc2Cl)C2=C(C(=O)CCC2)C12C(=O)Nc1ccccc12. The Bertz CT molecular complexity index is 1430. The largest absolute Gasteiger partial charge is 0.462 e. The average molecular weight is 532 g/mol. The number of allylic oxidation sites excluding steroid dienone is 1. The number of Topliss-reactive ketones (excluding diaryl/α,β-unsaturated/α-hetero) is 1. The molecule has 2 heterocycles. The molecule has 0 aromatic heterocycles. The highest BCUT2D eigenvalue weighted by Crippen LogP contribution is 2.56. The van der Waals surface area contributed by atoms with Crippen LogP contribution in [0, 0.1) is 0 Å². The van der Waals surface area contributed by atoms with Crippen molar-refractivity contribution < 1.29 is 32.3 Å². The number of alkyl halides is 3. The molecule has 37 heavy (non-hydrogen) atoms. The maximum absolute atomic E-state index is 13.8. The van der Waals surface area contributed by atoms with Gasteiger partial charge in [0, 0.05) is 28.9 Å². The summed E-state index contributed by atoms with van der Waals surface area (Å²) in [5.41, 5.74) is 4.06. The molecule has 3 N–H and O–H groups in total. The van der Waals surface area contributed by atoms with Crippen LogP contribution in [0.1, 0.15) is 37.3 Å². The zero-order valence-electron chi connectivity index (χ0n) is 19.5. The van der Waals surface area contributed by atoms with Gasteiger partial charge in [0.15, 0.2) is 5.78 Å². The normalized spacial score (nSPS) is 21.3. The standard InChI is InChI=1S/C26H21ClF3N3O4/c1-2-37-23(35)21-22(31)33(18-12-13(26(28,29)30)10-11-15(18)27)17-8-5-9-19(34)20(17)25(21)14-6-3-4-7-16(14)32-24(25)36/h3-4,6-7,10-12H,2,5,8-9,31H2,1H3,(H,32,36). The third-order valence-corrected chi connectivity index (χ3v) is 7.14. The first kappa shape index (κ1) is 24.9. The minimum absolute atomic E-state index is 0.0214. The zero-order valence-corrected chi connectivity index (χ0v) is 20.3. The van der Waals surface area contributed by atoms with E-state index in [4.69, 9.17) is 22.1 Å². The number of ketones is 1. The molecule has 2 aromatic rings. The number of halogens is 4. The van der Waals surface area contributed by atoms with Crippen molar-refractivity contribution in [1.29, 1.82) is 0 Å². The van der Waals surface area contributed by atoms with Crippen LogP contribution in [0.3, 0.4) is 0 Å². The number of amides is 1. The van der Waals surface area contributed by atoms with Gasteiger partial charge in [-0.25, -0.2) is 4.79 Å². The summed E-state index contributed by atoms with van der Waals surface area (Å²) < 4.78 is 46.1. The minimum atomic E-state index is -4.69. The monoisotopic (exact) mass is 531 g/mol. The van der Waals surface area contributed by atoms with Crippen LogP contribution in [0.5, 0.6) is 0 Å². The zero-order chi connectivity index (χ0) is 26.7. The van der Waals surface area contributed by atoms with Gasteiger partial charge in [0.2, 0.25) is 5.91 Å². The second-order valence-corrected chi connectivity index (χ2v) is 9.24. The van der Waals surface area contributed by atoms with Crippen LogP contribution in [0.2, 0.25) is 5.02 Å². The molecule has 3 aliphatic rings. The molecule has 0 radical (unpaired) electrons. The maximum atomic E-state index is 13.8. The molecule has 0 bridgehead atoms. The quantitative estimate of drug-likeness (QED) is 0.551. The fourth-order valence-electron chi connectivity index (χ4n) is 5.40. The van der Waals surface area contributed by atoms with Crippen molar-refractivity contribution in [2.45, 2.75) is 37.8 Å². The van der Waals surface area contributed by atoms with Gasteiger partial charge in [0.1, 0.15) is 16.8 Å². The van der Waals surface area contributed by atoms with E-state index in [0.717, 1.165) is 18.2 Å². The number of carbonyl (C=O) groups excluding carboxylic acids is 3. The first-order valence-corrected chi connectivity index (χ1v) is 11.9.